The Hall–Kier alpha value is -0.0951. The highest BCUT2D eigenvalue weighted by Crippen LogP contribution is 2.66. The molecule has 240 valence electrons. The van der Waals surface area contributed by atoms with Gasteiger partial charge in [0.15, 0.2) is 6.71 Å². The van der Waals surface area contributed by atoms with E-state index >= 15 is 0 Å². The van der Waals surface area contributed by atoms with E-state index in [9.17, 15) is 0 Å². The predicted molar refractivity (Wildman–Crippen MR) is 176 cm³/mol. The van der Waals surface area contributed by atoms with E-state index in [1.165, 1.54) is 96.3 Å². The van der Waals surface area contributed by atoms with Crippen LogP contribution in [-0.4, -0.2) is 77.2 Å². The molecule has 4 aliphatic heterocycles. The summed E-state index contributed by atoms with van der Waals surface area (Å²) >= 11 is 0. The van der Waals surface area contributed by atoms with Crippen molar-refractivity contribution in [3.05, 3.63) is 0 Å². The lowest BCUT2D eigenvalue weighted by Gasteiger charge is -2.74. The lowest BCUT2D eigenvalue weighted by molar-refractivity contribution is -0.259. The van der Waals surface area contributed by atoms with Crippen molar-refractivity contribution in [2.45, 2.75) is 216 Å². The van der Waals surface area contributed by atoms with E-state index in [1.54, 1.807) is 0 Å². The number of ether oxygens (including phenoxy) is 2. The average molecular weight is 591 g/mol. The van der Waals surface area contributed by atoms with Gasteiger partial charge in [-0.05, 0) is 91.5 Å². The van der Waals surface area contributed by atoms with Gasteiger partial charge < -0.3 is 9.47 Å². The molecule has 9 fully saturated rings. The lowest BCUT2D eigenvalue weighted by Crippen LogP contribution is -2.83. The topological polar surface area (TPSA) is 24.9 Å². The quantitative estimate of drug-likeness (QED) is 0.266. The first-order chi connectivity index (χ1) is 20.6. The molecule has 0 aromatic heterocycles. The van der Waals surface area contributed by atoms with E-state index in [0.717, 1.165) is 48.1 Å². The third-order valence-corrected chi connectivity index (χ3v) is 15.9. The van der Waals surface area contributed by atoms with Crippen molar-refractivity contribution in [1.29, 1.82) is 0 Å². The maximum absolute atomic E-state index is 7.35. The molecular formula is C38H63BN2O2. The summed E-state index contributed by atoms with van der Waals surface area (Å²) in [6.45, 7) is 16.2. The van der Waals surface area contributed by atoms with Gasteiger partial charge in [-0.25, -0.2) is 0 Å². The fourth-order valence-corrected chi connectivity index (χ4v) is 14.1. The van der Waals surface area contributed by atoms with Crippen LogP contribution in [0.2, 0.25) is 17.5 Å². The zero-order chi connectivity index (χ0) is 29.4. The van der Waals surface area contributed by atoms with Gasteiger partial charge in [0, 0.05) is 42.7 Å². The predicted octanol–water partition coefficient (Wildman–Crippen LogP) is 8.21. The summed E-state index contributed by atoms with van der Waals surface area (Å²) in [6, 6.07) is 4.23. The fourth-order valence-electron chi connectivity index (χ4n) is 14.1. The molecular weight excluding hydrogens is 527 g/mol. The summed E-state index contributed by atoms with van der Waals surface area (Å²) in [7, 11) is 0. The Bertz CT molecular complexity index is 989. The van der Waals surface area contributed by atoms with Crippen molar-refractivity contribution >= 4 is 6.71 Å². The molecule has 0 bridgehead atoms. The lowest BCUT2D eigenvalue weighted by atomic mass is 9.17. The van der Waals surface area contributed by atoms with Crippen molar-refractivity contribution in [3.8, 4) is 0 Å². The molecule has 0 aromatic carbocycles. The van der Waals surface area contributed by atoms with Crippen molar-refractivity contribution in [1.82, 2.24) is 9.80 Å². The highest BCUT2D eigenvalue weighted by atomic mass is 16.5. The third-order valence-electron chi connectivity index (χ3n) is 15.9. The Morgan fingerprint density at radius 1 is 0.488 bits per heavy atom. The molecule has 14 atom stereocenters. The van der Waals surface area contributed by atoms with Gasteiger partial charge in [0.2, 0.25) is 0 Å². The normalized spacial score (nSPS) is 53.2. The average Bonchev–Trinajstić information content (AvgIpc) is 2.98. The molecule has 0 spiro atoms. The molecule has 43 heavy (non-hydrogen) atoms. The summed E-state index contributed by atoms with van der Waals surface area (Å²) in [5.74, 6) is 4.22. The van der Waals surface area contributed by atoms with Crippen LogP contribution in [0.4, 0.5) is 0 Å². The maximum Gasteiger partial charge on any atom is 0.157 e. The van der Waals surface area contributed by atoms with E-state index in [0.29, 0.717) is 59.4 Å². The van der Waals surface area contributed by atoms with Gasteiger partial charge in [0.05, 0.1) is 24.4 Å². The van der Waals surface area contributed by atoms with Crippen LogP contribution < -0.4 is 0 Å². The van der Waals surface area contributed by atoms with E-state index < -0.39 is 0 Å². The van der Waals surface area contributed by atoms with Gasteiger partial charge in [0.1, 0.15) is 0 Å². The Balaban J connectivity index is 1.19. The minimum atomic E-state index is 0.398. The summed E-state index contributed by atoms with van der Waals surface area (Å²) in [5, 5.41) is 0. The molecule has 9 aliphatic rings. The number of fused-ring (bicyclic) bond motifs is 10. The van der Waals surface area contributed by atoms with Crippen LogP contribution in [0.25, 0.3) is 0 Å². The molecule has 4 heterocycles. The van der Waals surface area contributed by atoms with Gasteiger partial charge in [-0.3, -0.25) is 9.80 Å². The maximum atomic E-state index is 7.35. The number of hydrogen-bond donors (Lipinski definition) is 0. The molecule has 0 N–H and O–H groups in total. The number of rotatable bonds is 0. The Morgan fingerprint density at radius 2 is 0.930 bits per heavy atom. The number of morpholine rings is 2. The van der Waals surface area contributed by atoms with Gasteiger partial charge in [0.25, 0.3) is 0 Å². The second-order valence-electron chi connectivity index (χ2n) is 19.6. The molecule has 0 radical (unpaired) electrons. The van der Waals surface area contributed by atoms with Gasteiger partial charge in [-0.15, -0.1) is 0 Å². The number of nitrogens with zero attached hydrogens (tertiary/aromatic N) is 2. The summed E-state index contributed by atoms with van der Waals surface area (Å²) in [5.41, 5.74) is 0.837. The second kappa shape index (κ2) is 10.2. The van der Waals surface area contributed by atoms with Gasteiger partial charge in [-0.1, -0.05) is 80.1 Å². The molecule has 0 aromatic rings. The van der Waals surface area contributed by atoms with Crippen LogP contribution in [0.5, 0.6) is 0 Å². The van der Waals surface area contributed by atoms with E-state index in [-0.39, 0.29) is 0 Å². The Morgan fingerprint density at radius 3 is 1.37 bits per heavy atom. The van der Waals surface area contributed by atoms with E-state index in [1.807, 2.05) is 0 Å². The highest BCUT2D eigenvalue weighted by Gasteiger charge is 2.71. The molecule has 4 nitrogen and oxygen atoms in total. The van der Waals surface area contributed by atoms with Gasteiger partial charge in [-0.2, -0.15) is 0 Å². The molecule has 4 saturated heterocycles. The minimum Gasteiger partial charge on any atom is -0.372 e. The minimum absolute atomic E-state index is 0.398. The van der Waals surface area contributed by atoms with E-state index in [4.69, 9.17) is 9.47 Å². The zero-order valence-electron chi connectivity index (χ0n) is 28.6. The van der Waals surface area contributed by atoms with Crippen molar-refractivity contribution in [2.75, 3.05) is 0 Å². The standard InChI is InChI=1S/C38H63BN2O2/c1-37(2,3)22-15-17-26-24(19-22)39-25-20-23(38(4,5)6)16-18-27(25)41-29-12-8-10-14-31(29)43-33-21-32-35(34(39)36(33)41)40(26)28-11-7-9-13-30(28)42-32/h22-36H,7-21H2,1-6H3. The monoisotopic (exact) mass is 590 g/mol. The van der Waals surface area contributed by atoms with Crippen molar-refractivity contribution < 1.29 is 9.47 Å². The SMILES string of the molecule is CC(C)(C)C1CCC2C(C1)B1C3CC(C(C)(C)C)CCC3N3C4CCCCC4OC4CC5OC6CCCCC6N2C5C1C43. The molecule has 9 rings (SSSR count). The third kappa shape index (κ3) is 4.35. The summed E-state index contributed by atoms with van der Waals surface area (Å²) < 4.78 is 14.7. The van der Waals surface area contributed by atoms with Crippen molar-refractivity contribution in [2.24, 2.45) is 22.7 Å². The smallest absolute Gasteiger partial charge is 0.157 e. The van der Waals surface area contributed by atoms with Crippen molar-refractivity contribution in [3.63, 3.8) is 0 Å². The molecule has 5 aliphatic carbocycles. The molecule has 0 amide bonds. The Kier molecular flexibility index (Phi) is 6.90. The van der Waals surface area contributed by atoms with Crippen LogP contribution in [-0.2, 0) is 9.47 Å². The van der Waals surface area contributed by atoms with Crippen LogP contribution in [0.15, 0.2) is 0 Å². The second-order valence-corrected chi connectivity index (χ2v) is 19.6. The van der Waals surface area contributed by atoms with Crippen LogP contribution in [0.1, 0.15) is 138 Å². The van der Waals surface area contributed by atoms with Crippen LogP contribution in [0, 0.1) is 22.7 Å². The molecule has 14 unspecified atom stereocenters. The zero-order valence-corrected chi connectivity index (χ0v) is 28.6. The van der Waals surface area contributed by atoms with Crippen LogP contribution in [0.3, 0.4) is 0 Å². The summed E-state index contributed by atoms with van der Waals surface area (Å²) in [6.07, 6.45) is 22.6. The molecule has 5 heteroatoms. The first kappa shape index (κ1) is 29.1. The molecule has 5 saturated carbocycles. The largest absolute Gasteiger partial charge is 0.372 e. The highest BCUT2D eigenvalue weighted by molar-refractivity contribution is 6.65. The fraction of sp³-hybridized carbons (Fsp3) is 1.00. The number of hydrogen-bond acceptors (Lipinski definition) is 4. The van der Waals surface area contributed by atoms with Crippen LogP contribution >= 0.6 is 0 Å². The first-order valence-corrected chi connectivity index (χ1v) is 19.5. The Labute approximate surface area is 264 Å². The first-order valence-electron chi connectivity index (χ1n) is 19.5. The van der Waals surface area contributed by atoms with E-state index in [2.05, 4.69) is 51.3 Å². The van der Waals surface area contributed by atoms with Gasteiger partial charge >= 0.3 is 0 Å². The summed E-state index contributed by atoms with van der Waals surface area (Å²) in [4.78, 5) is 6.54.